The van der Waals surface area contributed by atoms with Crippen molar-refractivity contribution < 1.29 is 18.3 Å². The van der Waals surface area contributed by atoms with Gasteiger partial charge >= 0.3 is 11.9 Å². The summed E-state index contributed by atoms with van der Waals surface area (Å²) >= 11 is 0. The van der Waals surface area contributed by atoms with Gasteiger partial charge in [-0.05, 0) is 19.9 Å². The van der Waals surface area contributed by atoms with Gasteiger partial charge in [-0.1, -0.05) is 6.08 Å². The van der Waals surface area contributed by atoms with Crippen LogP contribution in [-0.2, 0) is 9.53 Å². The Labute approximate surface area is 63.8 Å². The van der Waals surface area contributed by atoms with Gasteiger partial charge in [-0.15, -0.1) is 0 Å². The maximum Gasteiger partial charge on any atom is 0.381 e. The number of allylic oxidation sites excluding steroid dienone is 1. The van der Waals surface area contributed by atoms with Crippen molar-refractivity contribution in [2.24, 2.45) is 0 Å². The number of alkyl halides is 2. The lowest BCUT2D eigenvalue weighted by molar-refractivity contribution is -0.164. The first-order valence-electron chi connectivity index (χ1n) is 3.23. The van der Waals surface area contributed by atoms with Crippen LogP contribution in [0.15, 0.2) is 12.2 Å². The van der Waals surface area contributed by atoms with E-state index in [-0.39, 0.29) is 6.61 Å². The molecule has 0 bridgehead atoms. The summed E-state index contributed by atoms with van der Waals surface area (Å²) in [5.41, 5.74) is 0. The summed E-state index contributed by atoms with van der Waals surface area (Å²) in [4.78, 5) is 10.4. The van der Waals surface area contributed by atoms with Crippen LogP contribution < -0.4 is 0 Å². The SMILES string of the molecule is C/C=C\C(F)(F)C(=O)OCC. The number of rotatable bonds is 3. The van der Waals surface area contributed by atoms with Crippen LogP contribution in [0.4, 0.5) is 8.78 Å². The standard InChI is InChI=1S/C7H10F2O2/c1-3-5-7(8,9)6(10)11-4-2/h3,5H,4H2,1-2H3/b5-3-. The average molecular weight is 164 g/mol. The number of ether oxygens (including phenoxy) is 1. The molecule has 0 saturated heterocycles. The van der Waals surface area contributed by atoms with Crippen molar-refractivity contribution in [3.63, 3.8) is 0 Å². The molecule has 0 spiro atoms. The summed E-state index contributed by atoms with van der Waals surface area (Å²) in [5, 5.41) is 0. The normalized spacial score (nSPS) is 12.0. The van der Waals surface area contributed by atoms with E-state index < -0.39 is 11.9 Å². The van der Waals surface area contributed by atoms with Gasteiger partial charge in [0.15, 0.2) is 0 Å². The van der Waals surface area contributed by atoms with E-state index in [0.717, 1.165) is 6.08 Å². The molecule has 0 aromatic rings. The van der Waals surface area contributed by atoms with Gasteiger partial charge < -0.3 is 4.74 Å². The zero-order valence-electron chi connectivity index (χ0n) is 6.43. The number of hydrogen-bond acceptors (Lipinski definition) is 2. The minimum absolute atomic E-state index is 0.0357. The van der Waals surface area contributed by atoms with Crippen LogP contribution in [0.25, 0.3) is 0 Å². The van der Waals surface area contributed by atoms with E-state index >= 15 is 0 Å². The van der Waals surface area contributed by atoms with Gasteiger partial charge in [0.1, 0.15) is 0 Å². The fourth-order valence-corrected chi connectivity index (χ4v) is 0.505. The van der Waals surface area contributed by atoms with Gasteiger partial charge in [0.2, 0.25) is 0 Å². The minimum atomic E-state index is -3.48. The Morgan fingerprint density at radius 2 is 2.18 bits per heavy atom. The van der Waals surface area contributed by atoms with E-state index in [2.05, 4.69) is 4.74 Å². The molecule has 0 heterocycles. The van der Waals surface area contributed by atoms with Gasteiger partial charge in [0.25, 0.3) is 0 Å². The Bertz CT molecular complexity index is 164. The molecule has 0 aliphatic heterocycles. The predicted octanol–water partition coefficient (Wildman–Crippen LogP) is 1.76. The van der Waals surface area contributed by atoms with Crippen LogP contribution in [0.2, 0.25) is 0 Å². The third-order valence-electron chi connectivity index (χ3n) is 0.924. The van der Waals surface area contributed by atoms with Gasteiger partial charge in [0.05, 0.1) is 6.61 Å². The second-order valence-corrected chi connectivity index (χ2v) is 1.84. The largest absolute Gasteiger partial charge is 0.461 e. The fraction of sp³-hybridized carbons (Fsp3) is 0.571. The van der Waals surface area contributed by atoms with E-state index in [1.54, 1.807) is 0 Å². The molecule has 0 saturated carbocycles. The van der Waals surface area contributed by atoms with E-state index in [4.69, 9.17) is 0 Å². The highest BCUT2D eigenvalue weighted by molar-refractivity contribution is 5.79. The van der Waals surface area contributed by atoms with Crippen LogP contribution >= 0.6 is 0 Å². The maximum absolute atomic E-state index is 12.4. The first-order chi connectivity index (χ1) is 5.04. The highest BCUT2D eigenvalue weighted by Gasteiger charge is 2.36. The van der Waals surface area contributed by atoms with Gasteiger partial charge in [-0.2, -0.15) is 8.78 Å². The molecule has 2 nitrogen and oxygen atoms in total. The Balaban J connectivity index is 4.17. The Morgan fingerprint density at radius 3 is 2.55 bits per heavy atom. The average Bonchev–Trinajstić information content (AvgIpc) is 1.88. The second kappa shape index (κ2) is 4.05. The summed E-state index contributed by atoms with van der Waals surface area (Å²) in [6.07, 6.45) is 1.61. The van der Waals surface area contributed by atoms with Crippen molar-refractivity contribution >= 4 is 5.97 Å². The van der Waals surface area contributed by atoms with Crippen LogP contribution in [0.5, 0.6) is 0 Å². The molecule has 64 valence electrons. The van der Waals surface area contributed by atoms with E-state index in [0.29, 0.717) is 6.08 Å². The van der Waals surface area contributed by atoms with Crippen LogP contribution in [-0.4, -0.2) is 18.5 Å². The van der Waals surface area contributed by atoms with Crippen LogP contribution in [0, 0.1) is 0 Å². The summed E-state index contributed by atoms with van der Waals surface area (Å²) in [6, 6.07) is 0. The molecule has 0 atom stereocenters. The van der Waals surface area contributed by atoms with Crippen LogP contribution in [0.1, 0.15) is 13.8 Å². The number of carbonyl (C=O) groups is 1. The van der Waals surface area contributed by atoms with Gasteiger partial charge in [-0.25, -0.2) is 4.79 Å². The third-order valence-corrected chi connectivity index (χ3v) is 0.924. The first-order valence-corrected chi connectivity index (χ1v) is 3.23. The highest BCUT2D eigenvalue weighted by Crippen LogP contribution is 2.16. The molecule has 0 N–H and O–H groups in total. The summed E-state index contributed by atoms with van der Waals surface area (Å²) in [6.45, 7) is 2.85. The fourth-order valence-electron chi connectivity index (χ4n) is 0.505. The molecular formula is C7H10F2O2. The molecule has 0 fully saturated rings. The second-order valence-electron chi connectivity index (χ2n) is 1.84. The van der Waals surface area contributed by atoms with Crippen molar-refractivity contribution in [3.05, 3.63) is 12.2 Å². The lowest BCUT2D eigenvalue weighted by atomic mass is 10.3. The third kappa shape index (κ3) is 3.11. The molecule has 0 radical (unpaired) electrons. The van der Waals surface area contributed by atoms with E-state index in [1.807, 2.05) is 0 Å². The molecule has 4 heteroatoms. The molecule has 0 aliphatic rings. The summed E-state index contributed by atoms with van der Waals surface area (Å²) in [5.74, 6) is -4.98. The minimum Gasteiger partial charge on any atom is -0.461 e. The maximum atomic E-state index is 12.4. The molecule has 0 aliphatic carbocycles. The lowest BCUT2D eigenvalue weighted by Crippen LogP contribution is -2.28. The number of carbonyl (C=O) groups excluding carboxylic acids is 1. The number of halogens is 2. The summed E-state index contributed by atoms with van der Waals surface area (Å²) < 4.78 is 29.0. The predicted molar refractivity (Wildman–Crippen MR) is 36.4 cm³/mol. The Kier molecular flexibility index (Phi) is 3.71. The molecule has 0 amide bonds. The topological polar surface area (TPSA) is 26.3 Å². The van der Waals surface area contributed by atoms with Gasteiger partial charge in [0, 0.05) is 0 Å². The molecular weight excluding hydrogens is 154 g/mol. The summed E-state index contributed by atoms with van der Waals surface area (Å²) in [7, 11) is 0. The first kappa shape index (κ1) is 10.1. The van der Waals surface area contributed by atoms with E-state index in [9.17, 15) is 13.6 Å². The quantitative estimate of drug-likeness (QED) is 0.469. The molecule has 0 rings (SSSR count). The van der Waals surface area contributed by atoms with Crippen molar-refractivity contribution in [3.8, 4) is 0 Å². The molecule has 0 aromatic carbocycles. The number of esters is 1. The van der Waals surface area contributed by atoms with Crippen molar-refractivity contribution in [1.29, 1.82) is 0 Å². The smallest absolute Gasteiger partial charge is 0.381 e. The lowest BCUT2D eigenvalue weighted by Gasteiger charge is -2.08. The van der Waals surface area contributed by atoms with Crippen LogP contribution in [0.3, 0.4) is 0 Å². The molecule has 11 heavy (non-hydrogen) atoms. The zero-order chi connectivity index (χ0) is 8.91. The number of hydrogen-bond donors (Lipinski definition) is 0. The highest BCUT2D eigenvalue weighted by atomic mass is 19.3. The van der Waals surface area contributed by atoms with Crippen molar-refractivity contribution in [2.75, 3.05) is 6.61 Å². The van der Waals surface area contributed by atoms with Gasteiger partial charge in [-0.3, -0.25) is 0 Å². The van der Waals surface area contributed by atoms with Crippen molar-refractivity contribution in [1.82, 2.24) is 0 Å². The monoisotopic (exact) mass is 164 g/mol. The molecule has 0 unspecified atom stereocenters. The van der Waals surface area contributed by atoms with Crippen molar-refractivity contribution in [2.45, 2.75) is 19.8 Å². The Morgan fingerprint density at radius 1 is 1.64 bits per heavy atom. The Hall–Kier alpha value is -0.930. The van der Waals surface area contributed by atoms with E-state index in [1.165, 1.54) is 13.8 Å². The molecule has 0 aromatic heterocycles. The zero-order valence-corrected chi connectivity index (χ0v) is 6.43.